The monoisotopic (exact) mass is 247 g/mol. The Labute approximate surface area is 111 Å². The van der Waals surface area contributed by atoms with E-state index in [0.29, 0.717) is 11.8 Å². The van der Waals surface area contributed by atoms with Gasteiger partial charge in [0.2, 0.25) is 0 Å². The molecule has 2 nitrogen and oxygen atoms in total. The van der Waals surface area contributed by atoms with Gasteiger partial charge in [-0.1, -0.05) is 51.1 Å². The van der Waals surface area contributed by atoms with Gasteiger partial charge in [0.1, 0.15) is 0 Å². The molecule has 1 aliphatic rings. The maximum absolute atomic E-state index is 6.39. The van der Waals surface area contributed by atoms with Gasteiger partial charge >= 0.3 is 0 Å². The molecule has 2 heteroatoms. The van der Waals surface area contributed by atoms with Crippen molar-refractivity contribution in [2.24, 2.45) is 5.92 Å². The van der Waals surface area contributed by atoms with Crippen molar-refractivity contribution < 1.29 is 4.74 Å². The molecule has 1 aromatic carbocycles. The summed E-state index contributed by atoms with van der Waals surface area (Å²) in [5.41, 5.74) is 1.31. The van der Waals surface area contributed by atoms with E-state index in [1.165, 1.54) is 5.56 Å². The summed E-state index contributed by atoms with van der Waals surface area (Å²) in [7, 11) is 0. The normalized spacial score (nSPS) is 30.4. The molecule has 1 heterocycles. The summed E-state index contributed by atoms with van der Waals surface area (Å²) >= 11 is 0. The van der Waals surface area contributed by atoms with Gasteiger partial charge in [0, 0.05) is 19.0 Å². The lowest BCUT2D eigenvalue weighted by molar-refractivity contribution is -0.136. The fourth-order valence-corrected chi connectivity index (χ4v) is 2.48. The van der Waals surface area contributed by atoms with Crippen LogP contribution < -0.4 is 5.32 Å². The zero-order valence-corrected chi connectivity index (χ0v) is 11.9. The average molecular weight is 247 g/mol. The molecular formula is C16H25NO. The highest BCUT2D eigenvalue weighted by Crippen LogP contribution is 2.31. The predicted molar refractivity (Wildman–Crippen MR) is 75.8 cm³/mol. The lowest BCUT2D eigenvalue weighted by Gasteiger charge is -2.44. The van der Waals surface area contributed by atoms with Crippen molar-refractivity contribution in [3.05, 3.63) is 35.9 Å². The SMILES string of the molecule is CC(c1ccccc1)C1CNCC(C)(C(C)C)O1. The highest BCUT2D eigenvalue weighted by Gasteiger charge is 2.37. The van der Waals surface area contributed by atoms with Gasteiger partial charge in [0.25, 0.3) is 0 Å². The molecule has 1 fully saturated rings. The molecule has 1 aromatic rings. The van der Waals surface area contributed by atoms with Crippen LogP contribution in [0.5, 0.6) is 0 Å². The number of morpholine rings is 1. The molecule has 0 spiro atoms. The van der Waals surface area contributed by atoms with Crippen LogP contribution in [-0.2, 0) is 4.74 Å². The molecule has 100 valence electrons. The topological polar surface area (TPSA) is 21.3 Å². The lowest BCUT2D eigenvalue weighted by atomic mass is 9.87. The molecule has 1 N–H and O–H groups in total. The highest BCUT2D eigenvalue weighted by atomic mass is 16.5. The highest BCUT2D eigenvalue weighted by molar-refractivity contribution is 5.20. The molecule has 0 aromatic heterocycles. The molecule has 3 atom stereocenters. The Bertz CT molecular complexity index is 376. The first-order valence-electron chi connectivity index (χ1n) is 6.96. The number of nitrogens with one attached hydrogen (secondary N) is 1. The van der Waals surface area contributed by atoms with E-state index in [4.69, 9.17) is 4.74 Å². The third kappa shape index (κ3) is 2.76. The van der Waals surface area contributed by atoms with Crippen LogP contribution in [0.15, 0.2) is 30.3 Å². The first kappa shape index (κ1) is 13.6. The second-order valence-electron chi connectivity index (χ2n) is 5.95. The molecule has 1 saturated heterocycles. The Kier molecular flexibility index (Phi) is 4.08. The minimum absolute atomic E-state index is 0.0496. The summed E-state index contributed by atoms with van der Waals surface area (Å²) in [5, 5.41) is 3.53. The summed E-state index contributed by atoms with van der Waals surface area (Å²) < 4.78 is 6.39. The second-order valence-corrected chi connectivity index (χ2v) is 5.95. The summed E-state index contributed by atoms with van der Waals surface area (Å²) in [6, 6.07) is 10.6. The lowest BCUT2D eigenvalue weighted by Crippen LogP contribution is -2.56. The van der Waals surface area contributed by atoms with Crippen LogP contribution in [0.1, 0.15) is 39.2 Å². The smallest absolute Gasteiger partial charge is 0.0805 e. The fraction of sp³-hybridized carbons (Fsp3) is 0.625. The van der Waals surface area contributed by atoms with Crippen LogP contribution in [0, 0.1) is 5.92 Å². The quantitative estimate of drug-likeness (QED) is 0.885. The molecule has 0 saturated carbocycles. The van der Waals surface area contributed by atoms with Crippen molar-refractivity contribution >= 4 is 0 Å². The maximum atomic E-state index is 6.39. The van der Waals surface area contributed by atoms with Gasteiger partial charge in [0.05, 0.1) is 11.7 Å². The summed E-state index contributed by atoms with van der Waals surface area (Å²) in [5.74, 6) is 0.952. The van der Waals surface area contributed by atoms with Crippen molar-refractivity contribution in [3.63, 3.8) is 0 Å². The van der Waals surface area contributed by atoms with Gasteiger partial charge in [-0.3, -0.25) is 0 Å². The van der Waals surface area contributed by atoms with Crippen molar-refractivity contribution in [2.45, 2.75) is 45.3 Å². The van der Waals surface area contributed by atoms with E-state index in [1.54, 1.807) is 0 Å². The summed E-state index contributed by atoms with van der Waals surface area (Å²) in [4.78, 5) is 0. The van der Waals surface area contributed by atoms with E-state index in [9.17, 15) is 0 Å². The Hall–Kier alpha value is -0.860. The van der Waals surface area contributed by atoms with Gasteiger partial charge in [0.15, 0.2) is 0 Å². The van der Waals surface area contributed by atoms with Gasteiger partial charge in [-0.2, -0.15) is 0 Å². The maximum Gasteiger partial charge on any atom is 0.0805 e. The molecule has 0 bridgehead atoms. The standard InChI is InChI=1S/C16H25NO/c1-12(2)16(4)11-17-10-15(18-16)13(3)14-8-6-5-7-9-14/h5-9,12-13,15,17H,10-11H2,1-4H3. The number of ether oxygens (including phenoxy) is 1. The van der Waals surface area contributed by atoms with Crippen molar-refractivity contribution in [2.75, 3.05) is 13.1 Å². The van der Waals surface area contributed by atoms with Crippen LogP contribution in [-0.4, -0.2) is 24.8 Å². The van der Waals surface area contributed by atoms with E-state index in [0.717, 1.165) is 13.1 Å². The van der Waals surface area contributed by atoms with Crippen LogP contribution >= 0.6 is 0 Å². The first-order valence-corrected chi connectivity index (χ1v) is 6.96. The number of rotatable bonds is 3. The van der Waals surface area contributed by atoms with E-state index >= 15 is 0 Å². The minimum Gasteiger partial charge on any atom is -0.369 e. The van der Waals surface area contributed by atoms with Crippen molar-refractivity contribution in [3.8, 4) is 0 Å². The van der Waals surface area contributed by atoms with Crippen molar-refractivity contribution in [1.29, 1.82) is 0 Å². The molecular weight excluding hydrogens is 222 g/mol. The third-order valence-electron chi connectivity index (χ3n) is 4.35. The average Bonchev–Trinajstić information content (AvgIpc) is 2.39. The Morgan fingerprint density at radius 1 is 1.22 bits per heavy atom. The number of hydrogen-bond acceptors (Lipinski definition) is 2. The number of hydrogen-bond donors (Lipinski definition) is 1. The molecule has 2 rings (SSSR count). The molecule has 1 aliphatic heterocycles. The second kappa shape index (κ2) is 5.41. The van der Waals surface area contributed by atoms with Gasteiger partial charge in [-0.05, 0) is 18.4 Å². The van der Waals surface area contributed by atoms with Crippen LogP contribution in [0.25, 0.3) is 0 Å². The fourth-order valence-electron chi connectivity index (χ4n) is 2.48. The van der Waals surface area contributed by atoms with E-state index in [-0.39, 0.29) is 11.7 Å². The van der Waals surface area contributed by atoms with Gasteiger partial charge in [-0.15, -0.1) is 0 Å². The van der Waals surface area contributed by atoms with Gasteiger partial charge < -0.3 is 10.1 Å². The summed E-state index contributed by atoms with van der Waals surface area (Å²) in [6.07, 6.45) is 0.258. The van der Waals surface area contributed by atoms with Crippen LogP contribution in [0.4, 0.5) is 0 Å². The third-order valence-corrected chi connectivity index (χ3v) is 4.35. The van der Waals surface area contributed by atoms with E-state index in [2.05, 4.69) is 63.3 Å². The Morgan fingerprint density at radius 3 is 2.50 bits per heavy atom. The zero-order chi connectivity index (χ0) is 13.2. The van der Waals surface area contributed by atoms with E-state index < -0.39 is 0 Å². The van der Waals surface area contributed by atoms with Crippen LogP contribution in [0.2, 0.25) is 0 Å². The first-order chi connectivity index (χ1) is 8.53. The molecule has 0 radical (unpaired) electrons. The van der Waals surface area contributed by atoms with E-state index in [1.807, 2.05) is 0 Å². The molecule has 0 aliphatic carbocycles. The molecule has 3 unspecified atom stereocenters. The molecule has 0 amide bonds. The predicted octanol–water partition coefficient (Wildman–Crippen LogP) is 3.19. The number of benzene rings is 1. The zero-order valence-electron chi connectivity index (χ0n) is 11.9. The minimum atomic E-state index is -0.0496. The van der Waals surface area contributed by atoms with Crippen molar-refractivity contribution in [1.82, 2.24) is 5.32 Å². The summed E-state index contributed by atoms with van der Waals surface area (Å²) in [6.45, 7) is 10.8. The Morgan fingerprint density at radius 2 is 1.89 bits per heavy atom. The molecule has 18 heavy (non-hydrogen) atoms. The Balaban J connectivity index is 2.10. The van der Waals surface area contributed by atoms with Gasteiger partial charge in [-0.25, -0.2) is 0 Å². The van der Waals surface area contributed by atoms with Crippen LogP contribution in [0.3, 0.4) is 0 Å². The largest absolute Gasteiger partial charge is 0.369 e.